The number of carbonyl (C=O) groups is 1. The van der Waals surface area contributed by atoms with Crippen LogP contribution in [0.4, 0.5) is 5.69 Å². The molecule has 1 fully saturated rings. The first kappa shape index (κ1) is 23.1. The van der Waals surface area contributed by atoms with Gasteiger partial charge in [-0.2, -0.15) is 8.42 Å². The van der Waals surface area contributed by atoms with Gasteiger partial charge in [0, 0.05) is 25.3 Å². The summed E-state index contributed by atoms with van der Waals surface area (Å²) >= 11 is 0. The van der Waals surface area contributed by atoms with Crippen LogP contribution >= 0.6 is 0 Å². The maximum absolute atomic E-state index is 12.3. The van der Waals surface area contributed by atoms with E-state index < -0.39 is 27.4 Å². The number of amides is 1. The Morgan fingerprint density at radius 2 is 1.55 bits per heavy atom. The summed E-state index contributed by atoms with van der Waals surface area (Å²) in [5.74, 6) is -0.475. The molecular formula is C23H30N2O5S. The second kappa shape index (κ2) is 9.70. The molecule has 0 atom stereocenters. The zero-order valence-electron chi connectivity index (χ0n) is 18.0. The zero-order valence-corrected chi connectivity index (χ0v) is 18.8. The van der Waals surface area contributed by atoms with Gasteiger partial charge in [-0.3, -0.25) is 9.35 Å². The molecule has 2 aromatic carbocycles. The van der Waals surface area contributed by atoms with Crippen molar-refractivity contribution in [3.8, 4) is 16.9 Å². The summed E-state index contributed by atoms with van der Waals surface area (Å²) in [6, 6.07) is 16.0. The highest BCUT2D eigenvalue weighted by atomic mass is 32.2. The highest BCUT2D eigenvalue weighted by Crippen LogP contribution is 2.27. The zero-order chi connectivity index (χ0) is 22.5. The van der Waals surface area contributed by atoms with Gasteiger partial charge in [0.25, 0.3) is 16.0 Å². The Balaban J connectivity index is 1.59. The van der Waals surface area contributed by atoms with Crippen LogP contribution in [0.5, 0.6) is 5.75 Å². The van der Waals surface area contributed by atoms with Crippen molar-refractivity contribution >= 4 is 21.7 Å². The van der Waals surface area contributed by atoms with Gasteiger partial charge in [-0.25, -0.2) is 0 Å². The fourth-order valence-corrected chi connectivity index (χ4v) is 3.94. The third kappa shape index (κ3) is 6.70. The van der Waals surface area contributed by atoms with Crippen LogP contribution in [0.15, 0.2) is 48.5 Å². The van der Waals surface area contributed by atoms with E-state index in [9.17, 15) is 13.2 Å². The van der Waals surface area contributed by atoms with E-state index in [0.717, 1.165) is 24.2 Å². The summed E-state index contributed by atoms with van der Waals surface area (Å²) in [4.78, 5) is 14.7. The van der Waals surface area contributed by atoms with Gasteiger partial charge in [-0.05, 0) is 68.5 Å². The number of anilines is 1. The van der Waals surface area contributed by atoms with E-state index in [1.165, 1.54) is 24.9 Å². The summed E-state index contributed by atoms with van der Waals surface area (Å²) in [5.41, 5.74) is 2.21. The first-order valence-corrected chi connectivity index (χ1v) is 12.1. The molecule has 1 heterocycles. The molecule has 8 heteroatoms. The molecule has 1 aliphatic heterocycles. The maximum atomic E-state index is 12.3. The van der Waals surface area contributed by atoms with E-state index in [0.29, 0.717) is 5.75 Å². The highest BCUT2D eigenvalue weighted by Gasteiger charge is 2.30. The molecule has 7 nitrogen and oxygen atoms in total. The SMILES string of the molecule is CC(C)(Oc1ccc(-c2ccc(N3CCCCC3)cc2)cc1)C(=O)NCCS(=O)(=O)O. The van der Waals surface area contributed by atoms with Crippen LogP contribution in [0.1, 0.15) is 33.1 Å². The lowest BCUT2D eigenvalue weighted by atomic mass is 10.0. The van der Waals surface area contributed by atoms with Gasteiger partial charge in [0.05, 0.1) is 5.75 Å². The first-order chi connectivity index (χ1) is 14.6. The molecule has 2 N–H and O–H groups in total. The molecule has 0 unspecified atom stereocenters. The lowest BCUT2D eigenvalue weighted by Crippen LogP contribution is -2.47. The number of hydrogen-bond acceptors (Lipinski definition) is 5. The molecule has 0 spiro atoms. The van der Waals surface area contributed by atoms with E-state index >= 15 is 0 Å². The number of hydrogen-bond donors (Lipinski definition) is 2. The van der Waals surface area contributed by atoms with E-state index in [-0.39, 0.29) is 6.54 Å². The molecule has 3 rings (SSSR count). The standard InChI is InChI=1S/C23H30N2O5S/c1-23(2,22(26)24-14-17-31(27,28)29)30-21-12-8-19(9-13-21)18-6-10-20(11-7-18)25-15-4-3-5-16-25/h6-13H,3-5,14-17H2,1-2H3,(H,24,26)(H,27,28,29). The van der Waals surface area contributed by atoms with Crippen LogP contribution in [0.25, 0.3) is 11.1 Å². The predicted molar refractivity (Wildman–Crippen MR) is 122 cm³/mol. The van der Waals surface area contributed by atoms with Crippen molar-refractivity contribution in [2.75, 3.05) is 30.3 Å². The summed E-state index contributed by atoms with van der Waals surface area (Å²) in [6.07, 6.45) is 3.81. The Labute approximate surface area is 184 Å². The van der Waals surface area contributed by atoms with Crippen LogP contribution in [0.2, 0.25) is 0 Å². The fourth-order valence-electron chi connectivity index (χ4n) is 3.58. The average molecular weight is 447 g/mol. The predicted octanol–water partition coefficient (Wildman–Crippen LogP) is 3.51. The minimum Gasteiger partial charge on any atom is -0.478 e. The van der Waals surface area contributed by atoms with Crippen LogP contribution in [-0.4, -0.2) is 49.9 Å². The van der Waals surface area contributed by atoms with Crippen molar-refractivity contribution in [3.63, 3.8) is 0 Å². The molecule has 31 heavy (non-hydrogen) atoms. The van der Waals surface area contributed by atoms with Gasteiger partial charge in [0.2, 0.25) is 0 Å². The normalized spacial score (nSPS) is 14.9. The van der Waals surface area contributed by atoms with Crippen molar-refractivity contribution in [1.29, 1.82) is 0 Å². The van der Waals surface area contributed by atoms with Crippen LogP contribution in [0, 0.1) is 0 Å². The summed E-state index contributed by atoms with van der Waals surface area (Å²) in [6.45, 7) is 5.25. The van der Waals surface area contributed by atoms with Crippen LogP contribution in [0.3, 0.4) is 0 Å². The minimum atomic E-state index is -4.12. The summed E-state index contributed by atoms with van der Waals surface area (Å²) in [5, 5.41) is 2.46. The molecule has 0 aliphatic carbocycles. The van der Waals surface area contributed by atoms with Crippen molar-refractivity contribution in [3.05, 3.63) is 48.5 Å². The molecule has 1 saturated heterocycles. The number of piperidine rings is 1. The lowest BCUT2D eigenvalue weighted by Gasteiger charge is -2.28. The smallest absolute Gasteiger partial charge is 0.266 e. The Morgan fingerprint density at radius 3 is 2.10 bits per heavy atom. The molecular weight excluding hydrogens is 416 g/mol. The molecule has 2 aromatic rings. The van der Waals surface area contributed by atoms with Crippen LogP contribution in [-0.2, 0) is 14.9 Å². The minimum absolute atomic E-state index is 0.184. The van der Waals surface area contributed by atoms with Crippen molar-refractivity contribution in [1.82, 2.24) is 5.32 Å². The van der Waals surface area contributed by atoms with E-state index in [1.807, 2.05) is 12.1 Å². The quantitative estimate of drug-likeness (QED) is 0.603. The second-order valence-corrected chi connectivity index (χ2v) is 9.85. The molecule has 0 radical (unpaired) electrons. The van der Waals surface area contributed by atoms with Gasteiger partial charge in [-0.1, -0.05) is 24.3 Å². The van der Waals surface area contributed by atoms with Crippen molar-refractivity contribution in [2.45, 2.75) is 38.7 Å². The maximum Gasteiger partial charge on any atom is 0.266 e. The van der Waals surface area contributed by atoms with Crippen LogP contribution < -0.4 is 15.0 Å². The molecule has 168 valence electrons. The third-order valence-electron chi connectivity index (χ3n) is 5.34. The van der Waals surface area contributed by atoms with Gasteiger partial charge < -0.3 is 15.0 Å². The first-order valence-electron chi connectivity index (χ1n) is 10.5. The highest BCUT2D eigenvalue weighted by molar-refractivity contribution is 7.85. The largest absolute Gasteiger partial charge is 0.478 e. The topological polar surface area (TPSA) is 95.9 Å². The van der Waals surface area contributed by atoms with E-state index in [2.05, 4.69) is 34.5 Å². The second-order valence-electron chi connectivity index (χ2n) is 8.27. The third-order valence-corrected chi connectivity index (χ3v) is 6.06. The van der Waals surface area contributed by atoms with Crippen molar-refractivity contribution < 1.29 is 22.5 Å². The molecule has 0 aromatic heterocycles. The number of benzene rings is 2. The molecule has 1 amide bonds. The van der Waals surface area contributed by atoms with Gasteiger partial charge in [0.1, 0.15) is 5.75 Å². The van der Waals surface area contributed by atoms with Gasteiger partial charge >= 0.3 is 0 Å². The van der Waals surface area contributed by atoms with E-state index in [4.69, 9.17) is 9.29 Å². The molecule has 1 aliphatic rings. The number of rotatable bonds is 8. The average Bonchev–Trinajstić information content (AvgIpc) is 2.74. The fraction of sp³-hybridized carbons (Fsp3) is 0.435. The summed E-state index contributed by atoms with van der Waals surface area (Å²) < 4.78 is 36.1. The number of nitrogens with zero attached hydrogens (tertiary/aromatic N) is 1. The summed E-state index contributed by atoms with van der Waals surface area (Å²) in [7, 11) is -4.12. The van der Waals surface area contributed by atoms with Crippen molar-refractivity contribution in [2.24, 2.45) is 0 Å². The number of ether oxygens (including phenoxy) is 1. The number of nitrogens with one attached hydrogen (secondary N) is 1. The monoisotopic (exact) mass is 446 g/mol. The number of carbonyl (C=O) groups excluding carboxylic acids is 1. The Kier molecular flexibility index (Phi) is 7.23. The molecule has 0 bridgehead atoms. The Morgan fingerprint density at radius 1 is 1.00 bits per heavy atom. The Bertz CT molecular complexity index is 980. The lowest BCUT2D eigenvalue weighted by molar-refractivity contribution is -0.134. The van der Waals surface area contributed by atoms with E-state index in [1.54, 1.807) is 26.0 Å². The van der Waals surface area contributed by atoms with Gasteiger partial charge in [-0.15, -0.1) is 0 Å². The van der Waals surface area contributed by atoms with Gasteiger partial charge in [0.15, 0.2) is 5.60 Å². The Hall–Kier alpha value is -2.58. The molecule has 0 saturated carbocycles.